The number of hydrogen-bond donors (Lipinski definition) is 0. The Morgan fingerprint density at radius 2 is 2.06 bits per heavy atom. The van der Waals surface area contributed by atoms with Crippen LogP contribution < -0.4 is 4.74 Å². The summed E-state index contributed by atoms with van der Waals surface area (Å²) in [6, 6.07) is 5.35. The Morgan fingerprint density at radius 3 is 2.56 bits per heavy atom. The molecule has 1 rings (SSSR count). The summed E-state index contributed by atoms with van der Waals surface area (Å²) >= 11 is 0. The Labute approximate surface area is 90.6 Å². The molecule has 1 aromatic rings. The Hall–Kier alpha value is -1.96. The van der Waals surface area contributed by atoms with Gasteiger partial charge in [-0.15, -0.1) is 0 Å². The SMILES string of the molecule is COc1c(/C=C/C#N)cccc1C(F)(F)F. The molecule has 0 spiro atoms. The third kappa shape index (κ3) is 2.54. The first kappa shape index (κ1) is 12.1. The first-order valence-corrected chi connectivity index (χ1v) is 4.31. The van der Waals surface area contributed by atoms with Crippen molar-refractivity contribution in [2.45, 2.75) is 6.18 Å². The van der Waals surface area contributed by atoms with Gasteiger partial charge in [0.25, 0.3) is 0 Å². The van der Waals surface area contributed by atoms with Crippen LogP contribution in [0.25, 0.3) is 6.08 Å². The summed E-state index contributed by atoms with van der Waals surface area (Å²) in [4.78, 5) is 0. The number of methoxy groups -OCH3 is 1. The molecule has 0 saturated heterocycles. The van der Waals surface area contributed by atoms with E-state index >= 15 is 0 Å². The normalized spacial score (nSPS) is 11.4. The van der Waals surface area contributed by atoms with Crippen molar-refractivity contribution in [3.63, 3.8) is 0 Å². The molecule has 0 bridgehead atoms. The molecule has 0 aliphatic rings. The zero-order valence-corrected chi connectivity index (χ0v) is 8.38. The third-order valence-corrected chi connectivity index (χ3v) is 1.89. The van der Waals surface area contributed by atoms with Crippen LogP contribution in [0.5, 0.6) is 5.75 Å². The van der Waals surface area contributed by atoms with Crippen molar-refractivity contribution in [2.75, 3.05) is 7.11 Å². The second-order valence-electron chi connectivity index (χ2n) is 2.89. The summed E-state index contributed by atoms with van der Waals surface area (Å²) in [5.74, 6) is -0.276. The molecular formula is C11H8F3NO. The second kappa shape index (κ2) is 4.71. The van der Waals surface area contributed by atoms with Gasteiger partial charge in [0.05, 0.1) is 18.7 Å². The first-order chi connectivity index (χ1) is 7.50. The zero-order valence-electron chi connectivity index (χ0n) is 8.38. The van der Waals surface area contributed by atoms with E-state index in [0.29, 0.717) is 0 Å². The van der Waals surface area contributed by atoms with Gasteiger partial charge in [-0.2, -0.15) is 18.4 Å². The van der Waals surface area contributed by atoms with Crippen LogP contribution in [0.2, 0.25) is 0 Å². The van der Waals surface area contributed by atoms with Gasteiger partial charge in [-0.3, -0.25) is 0 Å². The average molecular weight is 227 g/mol. The lowest BCUT2D eigenvalue weighted by Crippen LogP contribution is -2.08. The topological polar surface area (TPSA) is 33.0 Å². The fourth-order valence-electron chi connectivity index (χ4n) is 1.26. The Bertz CT molecular complexity index is 444. The van der Waals surface area contributed by atoms with Crippen molar-refractivity contribution >= 4 is 6.08 Å². The highest BCUT2D eigenvalue weighted by molar-refractivity contribution is 5.61. The van der Waals surface area contributed by atoms with Gasteiger partial charge in [0, 0.05) is 11.6 Å². The largest absolute Gasteiger partial charge is 0.495 e. The van der Waals surface area contributed by atoms with Crippen LogP contribution in [0.4, 0.5) is 13.2 Å². The second-order valence-corrected chi connectivity index (χ2v) is 2.89. The quantitative estimate of drug-likeness (QED) is 0.726. The Kier molecular flexibility index (Phi) is 3.56. The monoisotopic (exact) mass is 227 g/mol. The van der Waals surface area contributed by atoms with Crippen LogP contribution in [0.15, 0.2) is 24.3 Å². The molecule has 16 heavy (non-hydrogen) atoms. The van der Waals surface area contributed by atoms with Gasteiger partial charge in [-0.25, -0.2) is 0 Å². The van der Waals surface area contributed by atoms with Crippen molar-refractivity contribution in [3.05, 3.63) is 35.4 Å². The number of rotatable bonds is 2. The predicted molar refractivity (Wildman–Crippen MR) is 52.6 cm³/mol. The standard InChI is InChI=1S/C11H8F3NO/c1-16-10-8(5-3-7-15)4-2-6-9(10)11(12,13)14/h2-6H,1H3/b5-3+. The van der Waals surface area contributed by atoms with Gasteiger partial charge >= 0.3 is 6.18 Å². The number of benzene rings is 1. The minimum atomic E-state index is -4.47. The molecular weight excluding hydrogens is 219 g/mol. The van der Waals surface area contributed by atoms with E-state index < -0.39 is 11.7 Å². The molecule has 0 atom stereocenters. The molecule has 5 heteroatoms. The molecule has 0 radical (unpaired) electrons. The molecule has 1 aromatic carbocycles. The highest BCUT2D eigenvalue weighted by atomic mass is 19.4. The third-order valence-electron chi connectivity index (χ3n) is 1.89. The molecule has 0 unspecified atom stereocenters. The van der Waals surface area contributed by atoms with E-state index in [4.69, 9.17) is 10.00 Å². The van der Waals surface area contributed by atoms with Gasteiger partial charge in [0.15, 0.2) is 0 Å². The maximum absolute atomic E-state index is 12.6. The van der Waals surface area contributed by atoms with Crippen molar-refractivity contribution in [1.82, 2.24) is 0 Å². The van der Waals surface area contributed by atoms with Crippen molar-refractivity contribution in [3.8, 4) is 11.8 Å². The number of para-hydroxylation sites is 1. The molecule has 0 N–H and O–H groups in total. The van der Waals surface area contributed by atoms with E-state index in [2.05, 4.69) is 0 Å². The minimum absolute atomic E-state index is 0.221. The molecule has 0 aromatic heterocycles. The number of halogens is 3. The van der Waals surface area contributed by atoms with Crippen LogP contribution in [-0.4, -0.2) is 7.11 Å². The molecule has 0 heterocycles. The maximum atomic E-state index is 12.6. The van der Waals surface area contributed by atoms with Crippen LogP contribution >= 0.6 is 0 Å². The van der Waals surface area contributed by atoms with Crippen LogP contribution in [0.1, 0.15) is 11.1 Å². The summed E-state index contributed by atoms with van der Waals surface area (Å²) in [6.07, 6.45) is -2.10. The lowest BCUT2D eigenvalue weighted by molar-refractivity contribution is -0.138. The summed E-state index contributed by atoms with van der Waals surface area (Å²) in [6.45, 7) is 0. The summed E-state index contributed by atoms with van der Waals surface area (Å²) in [5.41, 5.74) is -0.631. The number of nitriles is 1. The number of nitrogens with zero attached hydrogens (tertiary/aromatic N) is 1. The van der Waals surface area contributed by atoms with Gasteiger partial charge in [-0.1, -0.05) is 12.1 Å². The smallest absolute Gasteiger partial charge is 0.419 e. The highest BCUT2D eigenvalue weighted by Crippen LogP contribution is 2.38. The minimum Gasteiger partial charge on any atom is -0.495 e. The molecule has 0 aliphatic heterocycles. The van der Waals surface area contributed by atoms with Gasteiger partial charge < -0.3 is 4.74 Å². The average Bonchev–Trinajstić information content (AvgIpc) is 2.24. The summed E-state index contributed by atoms with van der Waals surface area (Å²) < 4.78 is 42.4. The van der Waals surface area contributed by atoms with Crippen LogP contribution in [0, 0.1) is 11.3 Å². The highest BCUT2D eigenvalue weighted by Gasteiger charge is 2.34. The fraction of sp³-hybridized carbons (Fsp3) is 0.182. The van der Waals surface area contributed by atoms with Crippen LogP contribution in [-0.2, 0) is 6.18 Å². The van der Waals surface area contributed by atoms with E-state index in [9.17, 15) is 13.2 Å². The van der Waals surface area contributed by atoms with Crippen molar-refractivity contribution in [2.24, 2.45) is 0 Å². The fourth-order valence-corrected chi connectivity index (χ4v) is 1.26. The maximum Gasteiger partial charge on any atom is 0.419 e. The number of hydrogen-bond acceptors (Lipinski definition) is 2. The molecule has 2 nitrogen and oxygen atoms in total. The van der Waals surface area contributed by atoms with Crippen molar-refractivity contribution < 1.29 is 17.9 Å². The number of alkyl halides is 3. The van der Waals surface area contributed by atoms with Gasteiger partial charge in [-0.05, 0) is 12.1 Å². The number of allylic oxidation sites excluding steroid dienone is 1. The van der Waals surface area contributed by atoms with Crippen LogP contribution in [0.3, 0.4) is 0 Å². The number of ether oxygens (including phenoxy) is 1. The Balaban J connectivity index is 3.33. The van der Waals surface area contributed by atoms with E-state index in [0.717, 1.165) is 19.3 Å². The molecule has 0 aliphatic carbocycles. The predicted octanol–water partition coefficient (Wildman–Crippen LogP) is 3.25. The van der Waals surface area contributed by atoms with E-state index in [1.54, 1.807) is 6.07 Å². The molecule has 0 amide bonds. The van der Waals surface area contributed by atoms with Crippen molar-refractivity contribution in [1.29, 1.82) is 5.26 Å². The molecule has 0 saturated carbocycles. The summed E-state index contributed by atoms with van der Waals surface area (Å²) in [7, 11) is 1.16. The molecule has 84 valence electrons. The van der Waals surface area contributed by atoms with E-state index in [-0.39, 0.29) is 11.3 Å². The van der Waals surface area contributed by atoms with E-state index in [1.807, 2.05) is 0 Å². The summed E-state index contributed by atoms with van der Waals surface area (Å²) in [5, 5.41) is 8.32. The van der Waals surface area contributed by atoms with Gasteiger partial charge in [0.1, 0.15) is 5.75 Å². The zero-order chi connectivity index (χ0) is 12.2. The lowest BCUT2D eigenvalue weighted by atomic mass is 10.1. The van der Waals surface area contributed by atoms with Gasteiger partial charge in [0.2, 0.25) is 0 Å². The lowest BCUT2D eigenvalue weighted by Gasteiger charge is -2.13. The van der Waals surface area contributed by atoms with E-state index in [1.165, 1.54) is 18.2 Å². The Morgan fingerprint density at radius 1 is 1.38 bits per heavy atom. The first-order valence-electron chi connectivity index (χ1n) is 4.31. The molecule has 0 fully saturated rings.